The van der Waals surface area contributed by atoms with Gasteiger partial charge >= 0.3 is 0 Å². The van der Waals surface area contributed by atoms with Gasteiger partial charge in [-0.15, -0.1) is 0 Å². The van der Waals surface area contributed by atoms with Crippen molar-refractivity contribution in [2.24, 2.45) is 0 Å². The first-order valence-corrected chi connectivity index (χ1v) is 7.31. The number of para-hydroxylation sites is 1. The van der Waals surface area contributed by atoms with E-state index in [0.717, 1.165) is 12.0 Å². The molecule has 0 unspecified atom stereocenters. The number of carbonyl (C=O) groups excluding carboxylic acids is 1. The van der Waals surface area contributed by atoms with Crippen LogP contribution in [-0.4, -0.2) is 19.0 Å². The van der Waals surface area contributed by atoms with Crippen molar-refractivity contribution in [3.8, 4) is 6.07 Å². The number of carbonyl (C=O) groups is 1. The Kier molecular flexibility index (Phi) is 5.96. The first-order chi connectivity index (χ1) is 10.7. The molecule has 0 aliphatic heterocycles. The van der Waals surface area contributed by atoms with Gasteiger partial charge in [0.15, 0.2) is 0 Å². The number of nitriles is 1. The molecule has 0 saturated heterocycles. The summed E-state index contributed by atoms with van der Waals surface area (Å²) in [5, 5.41) is 15.5. The number of amides is 1. The fourth-order valence-electron chi connectivity index (χ4n) is 2.01. The molecular formula is C17H16ClN3O. The normalized spacial score (nSPS) is 10.0. The Balaban J connectivity index is 1.75. The smallest absolute Gasteiger partial charge is 0.238 e. The molecule has 0 radical (unpaired) electrons. The zero-order chi connectivity index (χ0) is 15.8. The summed E-state index contributed by atoms with van der Waals surface area (Å²) in [4.78, 5) is 11.8. The van der Waals surface area contributed by atoms with Gasteiger partial charge in [0.05, 0.1) is 17.8 Å². The largest absolute Gasteiger partial charge is 0.324 e. The number of hydrogen-bond acceptors (Lipinski definition) is 3. The van der Waals surface area contributed by atoms with Crippen LogP contribution in [0, 0.1) is 11.3 Å². The van der Waals surface area contributed by atoms with Crippen LogP contribution in [0.5, 0.6) is 0 Å². The Morgan fingerprint density at radius 2 is 2.00 bits per heavy atom. The topological polar surface area (TPSA) is 64.9 Å². The van der Waals surface area contributed by atoms with Gasteiger partial charge in [0.2, 0.25) is 5.91 Å². The predicted molar refractivity (Wildman–Crippen MR) is 87.8 cm³/mol. The zero-order valence-corrected chi connectivity index (χ0v) is 12.7. The van der Waals surface area contributed by atoms with Crippen LogP contribution in [-0.2, 0) is 11.2 Å². The first kappa shape index (κ1) is 16.0. The third-order valence-electron chi connectivity index (χ3n) is 3.09. The molecule has 2 aromatic carbocycles. The van der Waals surface area contributed by atoms with Crippen LogP contribution in [0.4, 0.5) is 5.69 Å². The number of hydrogen-bond donors (Lipinski definition) is 2. The lowest BCUT2D eigenvalue weighted by Gasteiger charge is -2.08. The summed E-state index contributed by atoms with van der Waals surface area (Å²) in [5.74, 6) is -0.172. The molecule has 0 aliphatic carbocycles. The van der Waals surface area contributed by atoms with E-state index in [1.165, 1.54) is 0 Å². The van der Waals surface area contributed by atoms with Gasteiger partial charge in [0.25, 0.3) is 0 Å². The quantitative estimate of drug-likeness (QED) is 0.806. The molecule has 2 rings (SSSR count). The summed E-state index contributed by atoms with van der Waals surface area (Å²) < 4.78 is 0. The van der Waals surface area contributed by atoms with E-state index < -0.39 is 0 Å². The zero-order valence-electron chi connectivity index (χ0n) is 12.0. The number of benzene rings is 2. The lowest BCUT2D eigenvalue weighted by Crippen LogP contribution is -2.29. The molecule has 112 valence electrons. The van der Waals surface area contributed by atoms with E-state index in [9.17, 15) is 4.79 Å². The van der Waals surface area contributed by atoms with Gasteiger partial charge in [0, 0.05) is 5.02 Å². The Bertz CT molecular complexity index is 694. The Labute approximate surface area is 134 Å². The van der Waals surface area contributed by atoms with E-state index in [0.29, 0.717) is 22.8 Å². The number of rotatable bonds is 6. The van der Waals surface area contributed by atoms with Gasteiger partial charge in [-0.3, -0.25) is 4.79 Å². The van der Waals surface area contributed by atoms with Crippen LogP contribution in [0.3, 0.4) is 0 Å². The van der Waals surface area contributed by atoms with Gasteiger partial charge in [-0.1, -0.05) is 35.9 Å². The average molecular weight is 314 g/mol. The van der Waals surface area contributed by atoms with Crippen LogP contribution >= 0.6 is 11.6 Å². The minimum atomic E-state index is -0.172. The summed E-state index contributed by atoms with van der Waals surface area (Å²) in [6.45, 7) is 0.869. The molecule has 2 N–H and O–H groups in total. The SMILES string of the molecule is N#Cc1ccccc1NC(=O)CNCCc1cccc(Cl)c1. The molecule has 0 saturated carbocycles. The molecule has 0 aliphatic rings. The van der Waals surface area contributed by atoms with E-state index in [1.807, 2.05) is 30.3 Å². The predicted octanol–water partition coefficient (Wildman–Crippen LogP) is 2.98. The standard InChI is InChI=1S/C17H16ClN3O/c18-15-6-3-4-13(10-15)8-9-20-12-17(22)21-16-7-2-1-5-14(16)11-19/h1-7,10,20H,8-9,12H2,(H,21,22). The van der Waals surface area contributed by atoms with Crippen molar-refractivity contribution in [1.29, 1.82) is 5.26 Å². The van der Waals surface area contributed by atoms with E-state index in [-0.39, 0.29) is 12.5 Å². The van der Waals surface area contributed by atoms with Crippen molar-refractivity contribution in [2.45, 2.75) is 6.42 Å². The van der Waals surface area contributed by atoms with Crippen molar-refractivity contribution in [3.63, 3.8) is 0 Å². The van der Waals surface area contributed by atoms with Crippen molar-refractivity contribution >= 4 is 23.2 Å². The van der Waals surface area contributed by atoms with Crippen molar-refractivity contribution < 1.29 is 4.79 Å². The molecule has 0 aromatic heterocycles. The first-order valence-electron chi connectivity index (χ1n) is 6.93. The van der Waals surface area contributed by atoms with Crippen LogP contribution in [0.1, 0.15) is 11.1 Å². The number of anilines is 1. The van der Waals surface area contributed by atoms with Gasteiger partial charge in [0.1, 0.15) is 6.07 Å². The lowest BCUT2D eigenvalue weighted by molar-refractivity contribution is -0.115. The van der Waals surface area contributed by atoms with Crippen molar-refractivity contribution in [1.82, 2.24) is 5.32 Å². The van der Waals surface area contributed by atoms with E-state index in [4.69, 9.17) is 16.9 Å². The van der Waals surface area contributed by atoms with Gasteiger partial charge in [-0.25, -0.2) is 0 Å². The maximum atomic E-state index is 11.8. The monoisotopic (exact) mass is 313 g/mol. The highest BCUT2D eigenvalue weighted by Gasteiger charge is 2.05. The Hall–Kier alpha value is -2.35. The third kappa shape index (κ3) is 4.88. The second kappa shape index (κ2) is 8.18. The summed E-state index contributed by atoms with van der Waals surface area (Å²) in [6, 6.07) is 16.6. The van der Waals surface area contributed by atoms with Gasteiger partial charge < -0.3 is 10.6 Å². The van der Waals surface area contributed by atoms with Crippen LogP contribution in [0.15, 0.2) is 48.5 Å². The van der Waals surface area contributed by atoms with Crippen molar-refractivity contribution in [2.75, 3.05) is 18.4 Å². The number of nitrogens with one attached hydrogen (secondary N) is 2. The summed E-state index contributed by atoms with van der Waals surface area (Å²) in [7, 11) is 0. The molecular weight excluding hydrogens is 298 g/mol. The van der Waals surface area contributed by atoms with Crippen LogP contribution < -0.4 is 10.6 Å². The van der Waals surface area contributed by atoms with Crippen LogP contribution in [0.25, 0.3) is 0 Å². The summed E-state index contributed by atoms with van der Waals surface area (Å²) in [6.07, 6.45) is 0.794. The average Bonchev–Trinajstić information content (AvgIpc) is 2.52. The molecule has 5 heteroatoms. The van der Waals surface area contributed by atoms with Crippen molar-refractivity contribution in [3.05, 3.63) is 64.7 Å². The van der Waals surface area contributed by atoms with E-state index in [1.54, 1.807) is 24.3 Å². The lowest BCUT2D eigenvalue weighted by atomic mass is 10.1. The maximum Gasteiger partial charge on any atom is 0.238 e. The molecule has 0 bridgehead atoms. The van der Waals surface area contributed by atoms with Gasteiger partial charge in [-0.2, -0.15) is 5.26 Å². The molecule has 0 spiro atoms. The highest BCUT2D eigenvalue weighted by molar-refractivity contribution is 6.30. The fourth-order valence-corrected chi connectivity index (χ4v) is 2.22. The molecule has 22 heavy (non-hydrogen) atoms. The van der Waals surface area contributed by atoms with E-state index >= 15 is 0 Å². The molecule has 0 fully saturated rings. The molecule has 2 aromatic rings. The Morgan fingerprint density at radius 1 is 1.18 bits per heavy atom. The highest BCUT2D eigenvalue weighted by Crippen LogP contribution is 2.13. The molecule has 0 heterocycles. The molecule has 1 amide bonds. The summed E-state index contributed by atoms with van der Waals surface area (Å²) in [5.41, 5.74) is 2.11. The highest BCUT2D eigenvalue weighted by atomic mass is 35.5. The third-order valence-corrected chi connectivity index (χ3v) is 3.32. The second-order valence-electron chi connectivity index (χ2n) is 4.76. The minimum Gasteiger partial charge on any atom is -0.324 e. The molecule has 0 atom stereocenters. The van der Waals surface area contributed by atoms with E-state index in [2.05, 4.69) is 10.6 Å². The molecule has 4 nitrogen and oxygen atoms in total. The van der Waals surface area contributed by atoms with Crippen LogP contribution in [0.2, 0.25) is 5.02 Å². The number of halogens is 1. The number of nitrogens with zero attached hydrogens (tertiary/aromatic N) is 1. The van der Waals surface area contributed by atoms with Gasteiger partial charge in [-0.05, 0) is 42.8 Å². The Morgan fingerprint density at radius 3 is 2.77 bits per heavy atom. The maximum absolute atomic E-state index is 11.8. The second-order valence-corrected chi connectivity index (χ2v) is 5.20. The minimum absolute atomic E-state index is 0.172. The summed E-state index contributed by atoms with van der Waals surface area (Å²) >= 11 is 5.92. The fraction of sp³-hybridized carbons (Fsp3) is 0.176.